The monoisotopic (exact) mass is 422 g/mol. The molecule has 29 heavy (non-hydrogen) atoms. The standard InChI is InChI=1S/C25H30N2S2/c1-5-21-16-24(18(2)3)29-23(9-6-8-20-12-10-19(4)11-13-20)22(21)17-28-25-26-14-7-15-27-25/h7,9-15,17,21H,5-6,8,16H2,1-4H3/b22-17+,23-9-. The third kappa shape index (κ3) is 6.35. The number of allylic oxidation sites excluding steroid dienone is 4. The first-order chi connectivity index (χ1) is 14.1. The van der Waals surface area contributed by atoms with Crippen LogP contribution in [-0.4, -0.2) is 9.97 Å². The number of benzene rings is 1. The van der Waals surface area contributed by atoms with Crippen molar-refractivity contribution in [3.05, 3.63) is 86.3 Å². The van der Waals surface area contributed by atoms with Gasteiger partial charge in [-0.3, -0.25) is 0 Å². The predicted octanol–water partition coefficient (Wildman–Crippen LogP) is 7.73. The van der Waals surface area contributed by atoms with Gasteiger partial charge in [-0.1, -0.05) is 71.9 Å². The summed E-state index contributed by atoms with van der Waals surface area (Å²) in [7, 11) is 0. The van der Waals surface area contributed by atoms with E-state index < -0.39 is 0 Å². The summed E-state index contributed by atoms with van der Waals surface area (Å²) in [6, 6.07) is 10.8. The molecule has 4 heteroatoms. The van der Waals surface area contributed by atoms with Gasteiger partial charge in [-0.15, -0.1) is 0 Å². The highest BCUT2D eigenvalue weighted by atomic mass is 32.2. The Morgan fingerprint density at radius 2 is 1.90 bits per heavy atom. The second-order valence-corrected chi connectivity index (χ2v) is 9.62. The molecule has 1 aliphatic heterocycles. The fraction of sp³-hybridized carbons (Fsp3) is 0.360. The smallest absolute Gasteiger partial charge is 0.191 e. The van der Waals surface area contributed by atoms with Crippen molar-refractivity contribution in [2.45, 2.75) is 58.5 Å². The molecule has 3 rings (SSSR count). The maximum atomic E-state index is 4.36. The van der Waals surface area contributed by atoms with Gasteiger partial charge in [0.25, 0.3) is 0 Å². The average Bonchev–Trinajstić information content (AvgIpc) is 2.74. The maximum absolute atomic E-state index is 4.36. The number of thioether (sulfide) groups is 2. The Hall–Kier alpha value is -1.78. The molecular formula is C25H30N2S2. The molecule has 2 aromatic rings. The Labute approximate surface area is 184 Å². The van der Waals surface area contributed by atoms with Gasteiger partial charge in [-0.25, -0.2) is 9.97 Å². The minimum atomic E-state index is 0.558. The number of aryl methyl sites for hydroxylation is 2. The molecule has 2 heterocycles. The Kier molecular flexibility index (Phi) is 8.19. The van der Waals surface area contributed by atoms with Gasteiger partial charge in [-0.05, 0) is 79.9 Å². The second kappa shape index (κ2) is 10.8. The lowest BCUT2D eigenvalue weighted by Gasteiger charge is -2.29. The highest BCUT2D eigenvalue weighted by Gasteiger charge is 2.26. The molecule has 0 amide bonds. The van der Waals surface area contributed by atoms with Crippen molar-refractivity contribution < 1.29 is 0 Å². The average molecular weight is 423 g/mol. The summed E-state index contributed by atoms with van der Waals surface area (Å²) in [4.78, 5) is 11.7. The summed E-state index contributed by atoms with van der Waals surface area (Å²) < 4.78 is 0. The molecule has 1 fully saturated rings. The fourth-order valence-corrected chi connectivity index (χ4v) is 5.51. The molecule has 1 atom stereocenters. The van der Waals surface area contributed by atoms with Gasteiger partial charge in [-0.2, -0.15) is 0 Å². The van der Waals surface area contributed by atoms with E-state index in [4.69, 9.17) is 0 Å². The summed E-state index contributed by atoms with van der Waals surface area (Å²) in [5.74, 6) is 0.558. The van der Waals surface area contributed by atoms with E-state index in [9.17, 15) is 0 Å². The van der Waals surface area contributed by atoms with Crippen molar-refractivity contribution in [3.8, 4) is 0 Å². The molecular weight excluding hydrogens is 392 g/mol. The normalized spacial score (nSPS) is 19.7. The molecule has 0 aliphatic carbocycles. The zero-order valence-electron chi connectivity index (χ0n) is 17.8. The second-order valence-electron chi connectivity index (χ2n) is 7.65. The topological polar surface area (TPSA) is 25.8 Å². The number of hydrogen-bond acceptors (Lipinski definition) is 4. The third-order valence-electron chi connectivity index (χ3n) is 5.16. The lowest BCUT2D eigenvalue weighted by molar-refractivity contribution is 0.601. The first-order valence-electron chi connectivity index (χ1n) is 10.3. The van der Waals surface area contributed by atoms with Crippen LogP contribution in [0, 0.1) is 12.8 Å². The minimum Gasteiger partial charge on any atom is -0.231 e. The zero-order chi connectivity index (χ0) is 20.6. The van der Waals surface area contributed by atoms with E-state index in [1.54, 1.807) is 24.2 Å². The first-order valence-corrected chi connectivity index (χ1v) is 12.0. The molecule has 1 saturated heterocycles. The Bertz CT molecular complexity index is 892. The van der Waals surface area contributed by atoms with Crippen molar-refractivity contribution in [3.63, 3.8) is 0 Å². The highest BCUT2D eigenvalue weighted by Crippen LogP contribution is 2.48. The Morgan fingerprint density at radius 1 is 1.17 bits per heavy atom. The molecule has 1 aromatic heterocycles. The summed E-state index contributed by atoms with van der Waals surface area (Å²) >= 11 is 3.59. The van der Waals surface area contributed by atoms with Crippen molar-refractivity contribution >= 4 is 23.5 Å². The summed E-state index contributed by atoms with van der Waals surface area (Å²) in [6.07, 6.45) is 10.5. The number of nitrogens with zero attached hydrogens (tertiary/aromatic N) is 2. The SMILES string of the molecule is CCC1CC(=C(C)C)SC(=C\CCc2ccc(C)cc2)/C1=C/Sc1ncccn1. The van der Waals surface area contributed by atoms with Crippen LogP contribution in [-0.2, 0) is 6.42 Å². The molecule has 152 valence electrons. The van der Waals surface area contributed by atoms with Crippen LogP contribution < -0.4 is 0 Å². The van der Waals surface area contributed by atoms with Crippen molar-refractivity contribution in [2.24, 2.45) is 5.92 Å². The fourth-order valence-electron chi connectivity index (χ4n) is 3.34. The van der Waals surface area contributed by atoms with Crippen LogP contribution in [0.25, 0.3) is 0 Å². The first kappa shape index (κ1) is 21.9. The van der Waals surface area contributed by atoms with Gasteiger partial charge in [0.1, 0.15) is 0 Å². The van der Waals surface area contributed by atoms with Gasteiger partial charge < -0.3 is 0 Å². The Morgan fingerprint density at radius 3 is 2.55 bits per heavy atom. The molecule has 0 radical (unpaired) electrons. The number of aromatic nitrogens is 2. The zero-order valence-corrected chi connectivity index (χ0v) is 19.4. The number of rotatable bonds is 6. The van der Waals surface area contributed by atoms with Crippen LogP contribution in [0.4, 0.5) is 0 Å². The minimum absolute atomic E-state index is 0.558. The lowest BCUT2D eigenvalue weighted by atomic mass is 9.91. The van der Waals surface area contributed by atoms with Crippen molar-refractivity contribution in [1.29, 1.82) is 0 Å². The van der Waals surface area contributed by atoms with Crippen LogP contribution in [0.2, 0.25) is 0 Å². The van der Waals surface area contributed by atoms with E-state index in [-0.39, 0.29) is 0 Å². The third-order valence-corrected chi connectivity index (χ3v) is 7.39. The van der Waals surface area contributed by atoms with E-state index in [0.29, 0.717) is 5.92 Å². The molecule has 1 aliphatic rings. The Balaban J connectivity index is 1.82. The molecule has 0 N–H and O–H groups in total. The molecule has 0 saturated carbocycles. The van der Waals surface area contributed by atoms with Gasteiger partial charge in [0.05, 0.1) is 0 Å². The molecule has 0 bridgehead atoms. The van der Waals surface area contributed by atoms with E-state index in [0.717, 1.165) is 30.8 Å². The van der Waals surface area contributed by atoms with Crippen molar-refractivity contribution in [2.75, 3.05) is 0 Å². The van der Waals surface area contributed by atoms with E-state index >= 15 is 0 Å². The molecule has 0 spiro atoms. The van der Waals surface area contributed by atoms with E-state index in [2.05, 4.69) is 73.4 Å². The van der Waals surface area contributed by atoms with Crippen LogP contribution in [0.5, 0.6) is 0 Å². The highest BCUT2D eigenvalue weighted by molar-refractivity contribution is 8.07. The van der Waals surface area contributed by atoms with Crippen molar-refractivity contribution in [1.82, 2.24) is 9.97 Å². The number of hydrogen-bond donors (Lipinski definition) is 0. The summed E-state index contributed by atoms with van der Waals surface area (Å²) in [5.41, 5.74) is 5.61. The summed E-state index contributed by atoms with van der Waals surface area (Å²) in [6.45, 7) is 8.91. The van der Waals surface area contributed by atoms with Crippen LogP contribution in [0.3, 0.4) is 0 Å². The quantitative estimate of drug-likeness (QED) is 0.351. The summed E-state index contributed by atoms with van der Waals surface area (Å²) in [5, 5.41) is 3.10. The van der Waals surface area contributed by atoms with Gasteiger partial charge in [0.2, 0.25) is 0 Å². The van der Waals surface area contributed by atoms with Crippen LogP contribution in [0.1, 0.15) is 51.2 Å². The predicted molar refractivity (Wildman–Crippen MR) is 128 cm³/mol. The van der Waals surface area contributed by atoms with Gasteiger partial charge in [0, 0.05) is 17.3 Å². The van der Waals surface area contributed by atoms with Gasteiger partial charge in [0.15, 0.2) is 5.16 Å². The molecule has 1 aromatic carbocycles. The maximum Gasteiger partial charge on any atom is 0.191 e. The van der Waals surface area contributed by atoms with Gasteiger partial charge >= 0.3 is 0 Å². The van der Waals surface area contributed by atoms with Crippen LogP contribution in [0.15, 0.2) is 80.3 Å². The van der Waals surface area contributed by atoms with E-state index in [1.807, 2.05) is 17.8 Å². The van der Waals surface area contributed by atoms with Crippen LogP contribution >= 0.6 is 23.5 Å². The molecule has 2 nitrogen and oxygen atoms in total. The largest absolute Gasteiger partial charge is 0.231 e. The molecule has 1 unspecified atom stereocenters. The lowest BCUT2D eigenvalue weighted by Crippen LogP contribution is -2.11. The van der Waals surface area contributed by atoms with E-state index in [1.165, 1.54) is 32.1 Å².